The Hall–Kier alpha value is -0.965. The van der Waals surface area contributed by atoms with Gasteiger partial charge >= 0.3 is 15.4 Å². The Kier molecular flexibility index (Phi) is 5.12. The van der Waals surface area contributed by atoms with Crippen LogP contribution in [0.1, 0.15) is 19.3 Å². The summed E-state index contributed by atoms with van der Waals surface area (Å²) in [5, 5.41) is 2.49. The van der Waals surface area contributed by atoms with E-state index in [1.807, 2.05) is 12.1 Å². The van der Waals surface area contributed by atoms with Crippen molar-refractivity contribution < 1.29 is 4.57 Å². The molecule has 0 saturated carbocycles. The van der Waals surface area contributed by atoms with Gasteiger partial charge in [-0.3, -0.25) is 0 Å². The molecule has 4 heteroatoms. The van der Waals surface area contributed by atoms with Crippen LogP contribution < -0.4 is 10.6 Å². The summed E-state index contributed by atoms with van der Waals surface area (Å²) in [5.41, 5.74) is 0.380. The van der Waals surface area contributed by atoms with Crippen molar-refractivity contribution in [1.82, 2.24) is 0 Å². The van der Waals surface area contributed by atoms with Crippen LogP contribution in [0.2, 0.25) is 0 Å². The van der Waals surface area contributed by atoms with Gasteiger partial charge in [0, 0.05) is 13.6 Å². The number of hydrogen-bond acceptors (Lipinski definition) is 1. The Morgan fingerprint density at radius 1 is 1.00 bits per heavy atom. The molecule has 22 heavy (non-hydrogen) atoms. The van der Waals surface area contributed by atoms with E-state index in [1.165, 1.54) is 10.6 Å². The smallest absolute Gasteiger partial charge is 0.0745 e. The van der Waals surface area contributed by atoms with Crippen LogP contribution in [0.5, 0.6) is 0 Å². The minimum Gasteiger partial charge on any atom is -0.0745 e. The van der Waals surface area contributed by atoms with Crippen molar-refractivity contribution in [1.29, 1.82) is 0 Å². The molecule has 1 nitrogen and oxygen atoms in total. The molecule has 2 aromatic carbocycles. The van der Waals surface area contributed by atoms with Gasteiger partial charge in [-0.1, -0.05) is 41.0 Å². The van der Waals surface area contributed by atoms with Gasteiger partial charge in [-0.25, -0.2) is 0 Å². The summed E-state index contributed by atoms with van der Waals surface area (Å²) in [6.07, 6.45) is 5.08. The molecule has 0 amide bonds. The van der Waals surface area contributed by atoms with E-state index in [1.54, 1.807) is 0 Å². The van der Waals surface area contributed by atoms with Gasteiger partial charge in [0.2, 0.25) is 0 Å². The predicted molar refractivity (Wildman–Crippen MR) is 99.8 cm³/mol. The first-order valence-electron chi connectivity index (χ1n) is 7.92. The fourth-order valence-corrected chi connectivity index (χ4v) is 8.14. The Balaban J connectivity index is 1.88. The van der Waals surface area contributed by atoms with Crippen molar-refractivity contribution in [3.63, 3.8) is 0 Å². The average Bonchev–Trinajstić information content (AvgIpc) is 2.99. The molecule has 1 aliphatic heterocycles. The van der Waals surface area contributed by atoms with E-state index in [0.717, 1.165) is 31.6 Å². The molecule has 1 fully saturated rings. The summed E-state index contributed by atoms with van der Waals surface area (Å²) < 4.78 is 12.1. The van der Waals surface area contributed by atoms with Gasteiger partial charge in [0.25, 0.3) is 0 Å². The minimum atomic E-state index is -1.88. The van der Waals surface area contributed by atoms with Crippen LogP contribution in [0.25, 0.3) is 0 Å². The summed E-state index contributed by atoms with van der Waals surface area (Å²) in [5.74, 6) is 0. The first-order chi connectivity index (χ1) is 10.7. The highest BCUT2D eigenvalue weighted by molar-refractivity contribution is 8.08. The lowest BCUT2D eigenvalue weighted by molar-refractivity contribution is 0.582. The molecule has 110 valence electrons. The van der Waals surface area contributed by atoms with Crippen LogP contribution in [-0.4, -0.2) is 25.5 Å². The Morgan fingerprint density at radius 3 is 2.00 bits per heavy atom. The van der Waals surface area contributed by atoms with E-state index < -0.39 is 14.9 Å². The molecule has 0 aromatic heterocycles. The summed E-state index contributed by atoms with van der Waals surface area (Å²) in [6, 6.07) is 20.9. The molecule has 1 aliphatic rings. The third kappa shape index (κ3) is 3.34. The standard InChI is InChI=1S/C18H21BOP2/c19-22(17-9-3-1-4-10-17,18-11-5-2-6-12-18)15-13-16-8-7-14-21(16)20/h1-6,9-12,16H,7-8,13-15H2/q+2/t16-/m1/s1. The Morgan fingerprint density at radius 2 is 1.55 bits per heavy atom. The lowest BCUT2D eigenvalue weighted by Gasteiger charge is -2.23. The van der Waals surface area contributed by atoms with E-state index in [9.17, 15) is 4.57 Å². The Bertz CT molecular complexity index is 591. The zero-order valence-electron chi connectivity index (χ0n) is 12.8. The average molecular weight is 326 g/mol. The maximum absolute atomic E-state index is 12.1. The van der Waals surface area contributed by atoms with E-state index in [2.05, 4.69) is 48.5 Å². The summed E-state index contributed by atoms with van der Waals surface area (Å²) in [7, 11) is 4.09. The fraction of sp³-hybridized carbons (Fsp3) is 0.333. The van der Waals surface area contributed by atoms with Crippen LogP contribution in [-0.2, 0) is 4.57 Å². The third-order valence-electron chi connectivity index (χ3n) is 4.57. The first-order valence-corrected chi connectivity index (χ1v) is 11.5. The maximum atomic E-state index is 12.1. The molecule has 2 aromatic rings. The van der Waals surface area contributed by atoms with Gasteiger partial charge in [-0.2, -0.15) is 0 Å². The summed E-state index contributed by atoms with van der Waals surface area (Å²) in [4.78, 5) is 0. The van der Waals surface area contributed by atoms with E-state index in [4.69, 9.17) is 7.57 Å². The zero-order valence-corrected chi connectivity index (χ0v) is 14.6. The monoisotopic (exact) mass is 326 g/mol. The van der Waals surface area contributed by atoms with Crippen LogP contribution in [0.15, 0.2) is 60.7 Å². The minimum absolute atomic E-state index is 0.380. The molecule has 1 unspecified atom stereocenters. The lowest BCUT2D eigenvalue weighted by atomic mass is 10.2. The van der Waals surface area contributed by atoms with E-state index >= 15 is 0 Å². The third-order valence-corrected chi connectivity index (χ3v) is 10.1. The molecular weight excluding hydrogens is 305 g/mol. The molecule has 0 bridgehead atoms. The van der Waals surface area contributed by atoms with E-state index in [0.29, 0.717) is 5.66 Å². The second kappa shape index (κ2) is 7.07. The SMILES string of the molecule is [B][P+](CC[C@H]1CCC[P+]1=O)(c1ccccc1)c1ccccc1. The van der Waals surface area contributed by atoms with Crippen molar-refractivity contribution in [2.75, 3.05) is 12.3 Å². The topological polar surface area (TPSA) is 17.1 Å². The molecule has 2 atom stereocenters. The van der Waals surface area contributed by atoms with Gasteiger partial charge in [0.1, 0.15) is 6.16 Å². The number of hydrogen-bond donors (Lipinski definition) is 0. The van der Waals surface area contributed by atoms with Gasteiger partial charge < -0.3 is 0 Å². The second-order valence-corrected chi connectivity index (χ2v) is 11.2. The van der Waals surface area contributed by atoms with Crippen LogP contribution in [0.4, 0.5) is 0 Å². The van der Waals surface area contributed by atoms with Crippen LogP contribution >= 0.6 is 14.9 Å². The van der Waals surface area contributed by atoms with Crippen molar-refractivity contribution in [3.8, 4) is 0 Å². The summed E-state index contributed by atoms with van der Waals surface area (Å²) >= 11 is 0. The molecule has 0 spiro atoms. The molecule has 0 N–H and O–H groups in total. The van der Waals surface area contributed by atoms with Gasteiger partial charge in [-0.05, 0) is 37.1 Å². The molecule has 1 heterocycles. The molecular formula is C18H21BOP2+2. The van der Waals surface area contributed by atoms with Gasteiger partial charge in [0.15, 0.2) is 5.66 Å². The molecule has 0 aliphatic carbocycles. The molecule has 1 saturated heterocycles. The highest BCUT2D eigenvalue weighted by Gasteiger charge is 2.42. The predicted octanol–water partition coefficient (Wildman–Crippen LogP) is 4.12. The highest BCUT2D eigenvalue weighted by Crippen LogP contribution is 2.54. The van der Waals surface area contributed by atoms with Crippen LogP contribution in [0.3, 0.4) is 0 Å². The normalized spacial score (nSPS) is 20.2. The second-order valence-electron chi connectivity index (χ2n) is 5.99. The molecule has 2 radical (unpaired) electrons. The quantitative estimate of drug-likeness (QED) is 0.597. The first kappa shape index (κ1) is 15.9. The highest BCUT2D eigenvalue weighted by atomic mass is 31.2. The van der Waals surface area contributed by atoms with Crippen molar-refractivity contribution in [2.45, 2.75) is 24.9 Å². The largest absolute Gasteiger partial charge is 0.377 e. The van der Waals surface area contributed by atoms with Gasteiger partial charge in [-0.15, -0.1) is 0 Å². The van der Waals surface area contributed by atoms with Crippen molar-refractivity contribution >= 4 is 33.1 Å². The van der Waals surface area contributed by atoms with Gasteiger partial charge in [0.05, 0.1) is 16.8 Å². The van der Waals surface area contributed by atoms with Crippen molar-refractivity contribution in [3.05, 3.63) is 60.7 Å². The zero-order chi connectivity index (χ0) is 15.4. The molecule has 3 rings (SSSR count). The summed E-state index contributed by atoms with van der Waals surface area (Å²) in [6.45, 7) is 0. The maximum Gasteiger partial charge on any atom is 0.377 e. The number of benzene rings is 2. The van der Waals surface area contributed by atoms with Crippen molar-refractivity contribution in [2.24, 2.45) is 0 Å². The fourth-order valence-electron chi connectivity index (χ4n) is 3.25. The lowest BCUT2D eigenvalue weighted by Crippen LogP contribution is -2.26. The van der Waals surface area contributed by atoms with Crippen LogP contribution in [0, 0.1) is 0 Å². The number of rotatable bonds is 5. The van der Waals surface area contributed by atoms with E-state index in [-0.39, 0.29) is 0 Å². The Labute approximate surface area is 136 Å².